The summed E-state index contributed by atoms with van der Waals surface area (Å²) in [6, 6.07) is 7.34. The highest BCUT2D eigenvalue weighted by Gasteiger charge is 2.19. The zero-order chi connectivity index (χ0) is 13.2. The van der Waals surface area contributed by atoms with Crippen molar-refractivity contribution in [2.24, 2.45) is 10.3 Å². The van der Waals surface area contributed by atoms with Crippen molar-refractivity contribution in [1.82, 2.24) is 10.5 Å². The number of hydrazine groups is 1. The van der Waals surface area contributed by atoms with E-state index < -0.39 is 7.14 Å². The normalized spacial score (nSPS) is 19.8. The molecule has 6 nitrogen and oxygen atoms in total. The molecule has 0 aromatic heterocycles. The Morgan fingerprint density at radius 2 is 2.06 bits per heavy atom. The van der Waals surface area contributed by atoms with Crippen molar-refractivity contribution < 1.29 is 9.30 Å². The van der Waals surface area contributed by atoms with Gasteiger partial charge >= 0.3 is 0 Å². The lowest BCUT2D eigenvalue weighted by Crippen LogP contribution is -2.37. The van der Waals surface area contributed by atoms with Crippen molar-refractivity contribution in [2.45, 2.75) is 6.17 Å². The molecule has 98 valence electrons. The van der Waals surface area contributed by atoms with Crippen LogP contribution in [0.5, 0.6) is 5.75 Å². The van der Waals surface area contributed by atoms with E-state index >= 15 is 0 Å². The van der Waals surface area contributed by atoms with Crippen LogP contribution in [-0.2, 0) is 4.57 Å². The summed E-state index contributed by atoms with van der Waals surface area (Å²) in [5, 5.41) is 10.3. The van der Waals surface area contributed by atoms with Crippen molar-refractivity contribution in [3.8, 4) is 5.75 Å². The van der Waals surface area contributed by atoms with Crippen LogP contribution in [0.25, 0.3) is 0 Å². The fourth-order valence-electron chi connectivity index (χ4n) is 1.52. The zero-order valence-electron chi connectivity index (χ0n) is 10.7. The molecule has 18 heavy (non-hydrogen) atoms. The summed E-state index contributed by atoms with van der Waals surface area (Å²) in [7, 11) is -0.346. The smallest absolute Gasteiger partial charge is 0.177 e. The molecule has 0 bridgehead atoms. The number of hydrogen-bond acceptors (Lipinski definition) is 6. The van der Waals surface area contributed by atoms with E-state index in [1.165, 1.54) is 0 Å². The quantitative estimate of drug-likeness (QED) is 0.839. The molecule has 0 aliphatic carbocycles. The Bertz CT molecular complexity index is 482. The number of ether oxygens (including phenoxy) is 1. The van der Waals surface area contributed by atoms with Gasteiger partial charge in [0.05, 0.1) is 0 Å². The second kappa shape index (κ2) is 5.08. The molecule has 1 unspecified atom stereocenters. The van der Waals surface area contributed by atoms with Crippen LogP contribution in [0.3, 0.4) is 0 Å². The minimum absolute atomic E-state index is 0.117. The highest BCUT2D eigenvalue weighted by atomic mass is 31.2. The summed E-state index contributed by atoms with van der Waals surface area (Å²) in [5.41, 5.74) is 2.71. The van der Waals surface area contributed by atoms with Gasteiger partial charge in [-0.2, -0.15) is 5.01 Å². The van der Waals surface area contributed by atoms with Crippen molar-refractivity contribution in [3.05, 3.63) is 24.3 Å². The molecule has 0 radical (unpaired) electrons. The molecule has 1 aromatic rings. The lowest BCUT2D eigenvalue weighted by Gasteiger charge is -2.16. The summed E-state index contributed by atoms with van der Waals surface area (Å²) in [4.78, 5) is 0. The van der Waals surface area contributed by atoms with Gasteiger partial charge in [0.1, 0.15) is 19.5 Å². The van der Waals surface area contributed by atoms with Crippen molar-refractivity contribution in [1.29, 1.82) is 0 Å². The van der Waals surface area contributed by atoms with E-state index in [4.69, 9.17) is 4.74 Å². The molecular weight excluding hydrogens is 251 g/mol. The first-order valence-corrected chi connectivity index (χ1v) is 8.24. The maximum atomic E-state index is 11.9. The lowest BCUT2D eigenvalue weighted by molar-refractivity contribution is 0.154. The average Bonchev–Trinajstić information content (AvgIpc) is 2.72. The fraction of sp³-hybridized carbons (Fsp3) is 0.455. The van der Waals surface area contributed by atoms with E-state index in [0.29, 0.717) is 6.61 Å². The van der Waals surface area contributed by atoms with Crippen LogP contribution in [-0.4, -0.2) is 38.2 Å². The zero-order valence-corrected chi connectivity index (χ0v) is 11.6. The highest BCUT2D eigenvalue weighted by Crippen LogP contribution is 2.34. The first-order chi connectivity index (χ1) is 8.47. The monoisotopic (exact) mass is 268 g/mol. The van der Waals surface area contributed by atoms with Crippen LogP contribution >= 0.6 is 7.14 Å². The van der Waals surface area contributed by atoms with Crippen LogP contribution < -0.4 is 15.6 Å². The second-order valence-electron chi connectivity index (χ2n) is 4.56. The van der Waals surface area contributed by atoms with Gasteiger partial charge in [0.2, 0.25) is 0 Å². The number of rotatable bonds is 4. The highest BCUT2D eigenvalue weighted by molar-refractivity contribution is 7.70. The van der Waals surface area contributed by atoms with Crippen LogP contribution in [0.1, 0.15) is 0 Å². The average molecular weight is 268 g/mol. The standard InChI is InChI=1S/C11H17N4O2P/c1-15-11(12-13-14-15)8-17-9-4-6-10(7-5-9)18(2,3)16/h4-7,11H,8H2,1-3H3,(H,12,14). The Hall–Kier alpha value is -1.39. The second-order valence-corrected chi connectivity index (χ2v) is 7.78. The Morgan fingerprint density at radius 1 is 1.39 bits per heavy atom. The van der Waals surface area contributed by atoms with Gasteiger partial charge in [-0.1, -0.05) is 5.22 Å². The molecule has 0 fully saturated rings. The Morgan fingerprint density at radius 3 is 2.56 bits per heavy atom. The maximum Gasteiger partial charge on any atom is 0.177 e. The number of benzene rings is 1. The van der Waals surface area contributed by atoms with Crippen molar-refractivity contribution in [2.75, 3.05) is 27.0 Å². The molecule has 0 saturated heterocycles. The van der Waals surface area contributed by atoms with Gasteiger partial charge < -0.3 is 9.30 Å². The Balaban J connectivity index is 1.95. The molecule has 1 aromatic carbocycles. The molecule has 1 aliphatic heterocycles. The molecule has 1 heterocycles. The SMILES string of the molecule is CN1NN=NC1COc1ccc(P(C)(C)=O)cc1. The number of hydrogen-bond donors (Lipinski definition) is 1. The molecule has 7 heteroatoms. The largest absolute Gasteiger partial charge is 0.490 e. The van der Waals surface area contributed by atoms with Crippen LogP contribution in [0.4, 0.5) is 0 Å². The van der Waals surface area contributed by atoms with E-state index in [-0.39, 0.29) is 6.17 Å². The number of likely N-dealkylation sites (N-methyl/N-ethyl adjacent to an activating group) is 1. The van der Waals surface area contributed by atoms with E-state index in [1.54, 1.807) is 18.3 Å². The maximum absolute atomic E-state index is 11.9. The third-order valence-electron chi connectivity index (χ3n) is 2.70. The van der Waals surface area contributed by atoms with Gasteiger partial charge in [0, 0.05) is 12.4 Å². The van der Waals surface area contributed by atoms with Gasteiger partial charge in [-0.25, -0.2) is 5.53 Å². The third-order valence-corrected chi connectivity index (χ3v) is 4.24. The molecule has 1 N–H and O–H groups in total. The number of nitrogens with zero attached hydrogens (tertiary/aromatic N) is 3. The molecule has 1 aliphatic rings. The fourth-order valence-corrected chi connectivity index (χ4v) is 2.39. The molecule has 0 saturated carbocycles. The summed E-state index contributed by atoms with van der Waals surface area (Å²) in [6.07, 6.45) is -0.117. The van der Waals surface area contributed by atoms with Crippen LogP contribution in [0, 0.1) is 0 Å². The molecule has 0 spiro atoms. The van der Waals surface area contributed by atoms with Crippen molar-refractivity contribution >= 4 is 12.4 Å². The van der Waals surface area contributed by atoms with Gasteiger partial charge in [-0.3, -0.25) is 0 Å². The van der Waals surface area contributed by atoms with Crippen molar-refractivity contribution in [3.63, 3.8) is 0 Å². The lowest BCUT2D eigenvalue weighted by atomic mass is 10.3. The summed E-state index contributed by atoms with van der Waals surface area (Å²) < 4.78 is 17.5. The van der Waals surface area contributed by atoms with Gasteiger partial charge in [0.25, 0.3) is 0 Å². The summed E-state index contributed by atoms with van der Waals surface area (Å²) in [6.45, 7) is 3.92. The molecule has 0 amide bonds. The summed E-state index contributed by atoms with van der Waals surface area (Å²) in [5.74, 6) is 0.739. The van der Waals surface area contributed by atoms with E-state index in [2.05, 4.69) is 15.9 Å². The predicted octanol–water partition coefficient (Wildman–Crippen LogP) is 1.46. The molecular formula is C11H17N4O2P. The topological polar surface area (TPSA) is 66.3 Å². The Kier molecular flexibility index (Phi) is 3.68. The summed E-state index contributed by atoms with van der Waals surface area (Å²) >= 11 is 0. The minimum Gasteiger partial charge on any atom is -0.490 e. The number of nitrogens with one attached hydrogen (secondary N) is 1. The van der Waals surface area contributed by atoms with E-state index in [9.17, 15) is 4.57 Å². The molecule has 1 atom stereocenters. The van der Waals surface area contributed by atoms with Gasteiger partial charge in [0.15, 0.2) is 6.17 Å². The van der Waals surface area contributed by atoms with Gasteiger partial charge in [-0.05, 0) is 37.6 Å². The van der Waals surface area contributed by atoms with Crippen LogP contribution in [0.15, 0.2) is 34.6 Å². The van der Waals surface area contributed by atoms with Crippen LogP contribution in [0.2, 0.25) is 0 Å². The molecule has 2 rings (SSSR count). The predicted molar refractivity (Wildman–Crippen MR) is 70.6 cm³/mol. The first kappa shape index (κ1) is 13.1. The third kappa shape index (κ3) is 3.09. The minimum atomic E-state index is -2.19. The van der Waals surface area contributed by atoms with E-state index in [0.717, 1.165) is 11.1 Å². The van der Waals surface area contributed by atoms with E-state index in [1.807, 2.05) is 31.3 Å². The Labute approximate surface area is 106 Å². The van der Waals surface area contributed by atoms with Gasteiger partial charge in [-0.15, -0.1) is 5.11 Å². The first-order valence-electron chi connectivity index (χ1n) is 5.63.